The molecule has 1 aliphatic rings. The van der Waals surface area contributed by atoms with E-state index in [9.17, 15) is 18.0 Å². The average molecular weight is 498 g/mol. The van der Waals surface area contributed by atoms with Crippen LogP contribution in [0.4, 0.5) is 10.5 Å². The first-order valence-corrected chi connectivity index (χ1v) is 13.3. The summed E-state index contributed by atoms with van der Waals surface area (Å²) in [5, 5.41) is 10.5. The molecule has 4 rings (SSSR count). The molecule has 176 valence electrons. The van der Waals surface area contributed by atoms with E-state index in [1.165, 1.54) is 28.5 Å². The smallest absolute Gasteiger partial charge is 0.431 e. The SMILES string of the molecule is CCC1OC(=O)N(Cc2ccc(NC(=O)c3cccs3)cc2)N=C1c1ccc(S(C)(=O)=O)cc1. The number of hydrogen-bond donors (Lipinski definition) is 1. The summed E-state index contributed by atoms with van der Waals surface area (Å²) in [6.45, 7) is 2.07. The van der Waals surface area contributed by atoms with Crippen LogP contribution in [0.25, 0.3) is 0 Å². The van der Waals surface area contributed by atoms with Gasteiger partial charge in [-0.1, -0.05) is 37.3 Å². The number of ether oxygens (including phenoxy) is 1. The van der Waals surface area contributed by atoms with Crippen LogP contribution < -0.4 is 5.32 Å². The third-order valence-electron chi connectivity index (χ3n) is 5.23. The summed E-state index contributed by atoms with van der Waals surface area (Å²) < 4.78 is 29.1. The number of sulfone groups is 1. The van der Waals surface area contributed by atoms with Crippen molar-refractivity contribution >= 4 is 44.6 Å². The van der Waals surface area contributed by atoms with Crippen LogP contribution in [0.1, 0.15) is 34.1 Å². The van der Waals surface area contributed by atoms with Gasteiger partial charge in [0.1, 0.15) is 11.8 Å². The van der Waals surface area contributed by atoms with Gasteiger partial charge in [0.05, 0.1) is 16.3 Å². The number of hydrogen-bond acceptors (Lipinski definition) is 7. The van der Waals surface area contributed by atoms with Crippen LogP contribution >= 0.6 is 11.3 Å². The van der Waals surface area contributed by atoms with Crippen LogP contribution in [0.5, 0.6) is 0 Å². The zero-order chi connectivity index (χ0) is 24.3. The van der Waals surface area contributed by atoms with Crippen LogP contribution in [0.2, 0.25) is 0 Å². The number of anilines is 1. The molecule has 2 heterocycles. The lowest BCUT2D eigenvalue weighted by atomic mass is 10.0. The number of rotatable bonds is 7. The third kappa shape index (κ3) is 5.35. The van der Waals surface area contributed by atoms with Gasteiger partial charge in [-0.3, -0.25) is 4.79 Å². The predicted molar refractivity (Wildman–Crippen MR) is 131 cm³/mol. The van der Waals surface area contributed by atoms with Crippen molar-refractivity contribution < 1.29 is 22.7 Å². The van der Waals surface area contributed by atoms with Gasteiger partial charge < -0.3 is 10.1 Å². The van der Waals surface area contributed by atoms with Gasteiger partial charge in [0.15, 0.2) is 9.84 Å². The first-order valence-electron chi connectivity index (χ1n) is 10.6. The van der Waals surface area contributed by atoms with Gasteiger partial charge in [-0.05, 0) is 47.7 Å². The van der Waals surface area contributed by atoms with E-state index in [0.717, 1.165) is 11.8 Å². The predicted octanol–water partition coefficient (Wildman–Crippen LogP) is 4.54. The maximum atomic E-state index is 12.5. The number of benzene rings is 2. The number of amides is 2. The molecule has 8 nitrogen and oxygen atoms in total. The minimum atomic E-state index is -3.32. The fraction of sp³-hybridized carbons (Fsp3) is 0.208. The van der Waals surface area contributed by atoms with E-state index in [1.807, 2.05) is 18.4 Å². The lowest BCUT2D eigenvalue weighted by molar-refractivity contribution is 0.0712. The van der Waals surface area contributed by atoms with Gasteiger partial charge in [-0.15, -0.1) is 11.3 Å². The Morgan fingerprint density at radius 2 is 1.82 bits per heavy atom. The molecule has 0 spiro atoms. The van der Waals surface area contributed by atoms with E-state index in [1.54, 1.807) is 42.5 Å². The van der Waals surface area contributed by atoms with Gasteiger partial charge >= 0.3 is 6.09 Å². The zero-order valence-electron chi connectivity index (χ0n) is 18.6. The van der Waals surface area contributed by atoms with Gasteiger partial charge in [0.2, 0.25) is 0 Å². The molecule has 0 aliphatic carbocycles. The van der Waals surface area contributed by atoms with E-state index >= 15 is 0 Å². The summed E-state index contributed by atoms with van der Waals surface area (Å²) in [4.78, 5) is 25.6. The molecule has 1 aliphatic heterocycles. The minimum Gasteiger partial charge on any atom is -0.438 e. The molecule has 34 heavy (non-hydrogen) atoms. The molecule has 1 N–H and O–H groups in total. The topological polar surface area (TPSA) is 105 Å². The van der Waals surface area contributed by atoms with Crippen LogP contribution in [0.15, 0.2) is 76.0 Å². The molecule has 0 fully saturated rings. The monoisotopic (exact) mass is 497 g/mol. The highest BCUT2D eigenvalue weighted by molar-refractivity contribution is 7.90. The highest BCUT2D eigenvalue weighted by Gasteiger charge is 2.30. The number of nitrogens with zero attached hydrogens (tertiary/aromatic N) is 2. The number of carbonyl (C=O) groups is 2. The second-order valence-corrected chi connectivity index (χ2v) is 10.7. The Kier molecular flexibility index (Phi) is 6.80. The van der Waals surface area contributed by atoms with E-state index < -0.39 is 22.0 Å². The zero-order valence-corrected chi connectivity index (χ0v) is 20.2. The number of carbonyl (C=O) groups excluding carboxylic acids is 2. The normalized spacial score (nSPS) is 16.1. The van der Waals surface area contributed by atoms with Gasteiger partial charge in [0.25, 0.3) is 5.91 Å². The van der Waals surface area contributed by atoms with Crippen LogP contribution in [0.3, 0.4) is 0 Å². The number of hydrazone groups is 1. The highest BCUT2D eigenvalue weighted by atomic mass is 32.2. The lowest BCUT2D eigenvalue weighted by Crippen LogP contribution is -2.41. The molecule has 10 heteroatoms. The molecule has 2 aromatic carbocycles. The minimum absolute atomic E-state index is 0.177. The van der Waals surface area contributed by atoms with Crippen molar-refractivity contribution in [2.75, 3.05) is 11.6 Å². The molecule has 0 saturated heterocycles. The Hall–Kier alpha value is -3.50. The summed E-state index contributed by atoms with van der Waals surface area (Å²) in [6.07, 6.45) is 0.600. The maximum Gasteiger partial charge on any atom is 0.431 e. The Balaban J connectivity index is 1.51. The van der Waals surface area contributed by atoms with E-state index in [4.69, 9.17) is 4.74 Å². The largest absolute Gasteiger partial charge is 0.438 e. The number of cyclic esters (lactones) is 1. The summed E-state index contributed by atoms with van der Waals surface area (Å²) in [5.74, 6) is -0.177. The second kappa shape index (κ2) is 9.78. The Bertz CT molecular complexity index is 1320. The van der Waals surface area contributed by atoms with Crippen molar-refractivity contribution in [2.45, 2.75) is 30.9 Å². The second-order valence-electron chi connectivity index (χ2n) is 7.75. The summed E-state index contributed by atoms with van der Waals surface area (Å²) in [5.41, 5.74) is 2.69. The average Bonchev–Trinajstić information content (AvgIpc) is 3.36. The van der Waals surface area contributed by atoms with Crippen molar-refractivity contribution in [1.29, 1.82) is 0 Å². The number of nitrogens with one attached hydrogen (secondary N) is 1. The maximum absolute atomic E-state index is 12.5. The van der Waals surface area contributed by atoms with Crippen molar-refractivity contribution in [3.8, 4) is 0 Å². The van der Waals surface area contributed by atoms with Crippen LogP contribution in [0, 0.1) is 0 Å². The van der Waals surface area contributed by atoms with Crippen LogP contribution in [-0.4, -0.2) is 43.5 Å². The van der Waals surface area contributed by atoms with Crippen molar-refractivity contribution in [3.05, 3.63) is 82.0 Å². The molecule has 0 saturated carbocycles. The highest BCUT2D eigenvalue weighted by Crippen LogP contribution is 2.22. The van der Waals surface area contributed by atoms with Gasteiger partial charge in [-0.2, -0.15) is 10.1 Å². The van der Waals surface area contributed by atoms with Gasteiger partial charge in [-0.25, -0.2) is 13.2 Å². The molecule has 1 unspecified atom stereocenters. The fourth-order valence-electron chi connectivity index (χ4n) is 3.43. The number of thiophene rings is 1. The lowest BCUT2D eigenvalue weighted by Gasteiger charge is -2.29. The van der Waals surface area contributed by atoms with E-state index in [2.05, 4.69) is 10.4 Å². The summed E-state index contributed by atoms with van der Waals surface area (Å²) >= 11 is 1.36. The van der Waals surface area contributed by atoms with Crippen molar-refractivity contribution in [2.24, 2.45) is 5.10 Å². The molecule has 1 aromatic heterocycles. The molecule has 3 aromatic rings. The molecule has 1 atom stereocenters. The first-order chi connectivity index (χ1) is 16.2. The third-order valence-corrected chi connectivity index (χ3v) is 7.22. The van der Waals surface area contributed by atoms with E-state index in [-0.39, 0.29) is 17.3 Å². The van der Waals surface area contributed by atoms with Gasteiger partial charge in [0, 0.05) is 17.5 Å². The summed E-state index contributed by atoms with van der Waals surface area (Å²) in [6, 6.07) is 17.1. The van der Waals surface area contributed by atoms with Crippen molar-refractivity contribution in [1.82, 2.24) is 5.01 Å². The van der Waals surface area contributed by atoms with Crippen LogP contribution in [-0.2, 0) is 21.1 Å². The fourth-order valence-corrected chi connectivity index (χ4v) is 4.68. The molecular weight excluding hydrogens is 474 g/mol. The molecule has 0 bridgehead atoms. The van der Waals surface area contributed by atoms with E-state index in [0.29, 0.717) is 28.3 Å². The Morgan fingerprint density at radius 3 is 2.41 bits per heavy atom. The molecule has 2 amide bonds. The quantitative estimate of drug-likeness (QED) is 0.516. The molecule has 0 radical (unpaired) electrons. The van der Waals surface area contributed by atoms with Crippen molar-refractivity contribution in [3.63, 3.8) is 0 Å². The summed E-state index contributed by atoms with van der Waals surface area (Å²) in [7, 11) is -3.32. The Morgan fingerprint density at radius 1 is 1.12 bits per heavy atom. The first kappa shape index (κ1) is 23.7. The Labute approximate surface area is 201 Å². The molecular formula is C24H23N3O5S2. The standard InChI is InChI=1S/C24H23N3O5S2/c1-3-20-22(17-8-12-19(13-9-17)34(2,30)31)26-27(24(29)32-20)15-16-6-10-18(11-7-16)25-23(28)21-5-4-14-33-21/h4-14,20H,3,15H2,1-2H3,(H,25,28).